The lowest BCUT2D eigenvalue weighted by molar-refractivity contribution is 0.178. The average Bonchev–Trinajstić information content (AvgIpc) is 2.37. The molecule has 1 spiro atoms. The maximum atomic E-state index is 6.09. The molecular weight excluding hydrogens is 218 g/mol. The first-order chi connectivity index (χ1) is 7.31. The van der Waals surface area contributed by atoms with Crippen molar-refractivity contribution in [1.29, 1.82) is 0 Å². The first-order valence-electron chi connectivity index (χ1n) is 7.06. The van der Waals surface area contributed by atoms with Gasteiger partial charge in [-0.25, -0.2) is 0 Å². The van der Waals surface area contributed by atoms with Crippen LogP contribution in [0.15, 0.2) is 0 Å². The molecule has 0 radical (unpaired) electrons. The summed E-state index contributed by atoms with van der Waals surface area (Å²) in [5, 5.41) is 0. The van der Waals surface area contributed by atoms with E-state index in [-0.39, 0.29) is 12.4 Å². The fourth-order valence-corrected chi connectivity index (χ4v) is 3.66. The van der Waals surface area contributed by atoms with Crippen molar-refractivity contribution in [2.45, 2.75) is 83.1 Å². The van der Waals surface area contributed by atoms with Crippen molar-refractivity contribution in [2.75, 3.05) is 0 Å². The average molecular weight is 246 g/mol. The zero-order valence-corrected chi connectivity index (χ0v) is 11.4. The highest BCUT2D eigenvalue weighted by atomic mass is 35.5. The lowest BCUT2D eigenvalue weighted by Gasteiger charge is -2.34. The van der Waals surface area contributed by atoms with E-state index in [1.54, 1.807) is 0 Å². The molecule has 2 aliphatic carbocycles. The quantitative estimate of drug-likeness (QED) is 0.671. The van der Waals surface area contributed by atoms with Crippen LogP contribution in [-0.2, 0) is 0 Å². The highest BCUT2D eigenvalue weighted by molar-refractivity contribution is 5.85. The molecule has 1 nitrogen and oxygen atoms in total. The van der Waals surface area contributed by atoms with Crippen LogP contribution in [0.1, 0.15) is 77.0 Å². The number of hydrogen-bond donors (Lipinski definition) is 1. The summed E-state index contributed by atoms with van der Waals surface area (Å²) in [7, 11) is 0. The molecule has 0 aromatic carbocycles. The van der Waals surface area contributed by atoms with Crippen molar-refractivity contribution >= 4 is 12.4 Å². The van der Waals surface area contributed by atoms with Crippen LogP contribution in [-0.4, -0.2) is 6.04 Å². The van der Waals surface area contributed by atoms with E-state index in [0.717, 1.165) is 0 Å². The molecule has 2 saturated carbocycles. The second kappa shape index (κ2) is 6.86. The van der Waals surface area contributed by atoms with Gasteiger partial charge in [-0.3, -0.25) is 0 Å². The monoisotopic (exact) mass is 245 g/mol. The Kier molecular flexibility index (Phi) is 6.13. The van der Waals surface area contributed by atoms with E-state index < -0.39 is 0 Å². The summed E-state index contributed by atoms with van der Waals surface area (Å²) in [5.74, 6) is 0. The first-order valence-corrected chi connectivity index (χ1v) is 7.06. The van der Waals surface area contributed by atoms with Gasteiger partial charge in [0, 0.05) is 6.04 Å². The first kappa shape index (κ1) is 14.3. The molecule has 1 atom stereocenters. The van der Waals surface area contributed by atoms with Gasteiger partial charge in [0.05, 0.1) is 0 Å². The molecular formula is C14H28ClN. The molecule has 0 saturated heterocycles. The number of hydrogen-bond acceptors (Lipinski definition) is 1. The number of halogens is 1. The standard InChI is InChI=1S/C14H27N.ClH/c15-13-7-6-11-14(12-8-13)9-4-2-1-3-5-10-14;/h13H,1-12,15H2;1H. The topological polar surface area (TPSA) is 26.0 Å². The fourth-order valence-electron chi connectivity index (χ4n) is 3.66. The van der Waals surface area contributed by atoms with Crippen molar-refractivity contribution < 1.29 is 0 Å². The Labute approximate surface area is 107 Å². The van der Waals surface area contributed by atoms with Crippen LogP contribution < -0.4 is 5.73 Å². The number of nitrogens with two attached hydrogens (primary N) is 1. The second-order valence-corrected chi connectivity index (χ2v) is 5.96. The van der Waals surface area contributed by atoms with Crippen LogP contribution in [0.5, 0.6) is 0 Å². The number of rotatable bonds is 0. The Bertz CT molecular complexity index is 180. The Morgan fingerprint density at radius 1 is 0.688 bits per heavy atom. The van der Waals surface area contributed by atoms with E-state index in [2.05, 4.69) is 0 Å². The Morgan fingerprint density at radius 3 is 1.94 bits per heavy atom. The zero-order chi connectivity index (χ0) is 10.6. The van der Waals surface area contributed by atoms with E-state index in [1.165, 1.54) is 77.0 Å². The minimum atomic E-state index is 0. The van der Waals surface area contributed by atoms with Gasteiger partial charge in [0.1, 0.15) is 0 Å². The summed E-state index contributed by atoms with van der Waals surface area (Å²) < 4.78 is 0. The minimum Gasteiger partial charge on any atom is -0.328 e. The molecule has 0 amide bonds. The fraction of sp³-hybridized carbons (Fsp3) is 1.00. The van der Waals surface area contributed by atoms with E-state index in [9.17, 15) is 0 Å². The second-order valence-electron chi connectivity index (χ2n) is 5.96. The van der Waals surface area contributed by atoms with Crippen LogP contribution in [0.25, 0.3) is 0 Å². The molecule has 2 N–H and O–H groups in total. The van der Waals surface area contributed by atoms with E-state index >= 15 is 0 Å². The highest BCUT2D eigenvalue weighted by Crippen LogP contribution is 2.44. The van der Waals surface area contributed by atoms with Gasteiger partial charge in [0.2, 0.25) is 0 Å². The predicted molar refractivity (Wildman–Crippen MR) is 73.1 cm³/mol. The molecule has 2 fully saturated rings. The van der Waals surface area contributed by atoms with Gasteiger partial charge in [0.15, 0.2) is 0 Å². The summed E-state index contributed by atoms with van der Waals surface area (Å²) in [6.45, 7) is 0. The van der Waals surface area contributed by atoms with Gasteiger partial charge >= 0.3 is 0 Å². The van der Waals surface area contributed by atoms with Gasteiger partial charge in [-0.15, -0.1) is 12.4 Å². The molecule has 16 heavy (non-hydrogen) atoms. The molecule has 2 heteroatoms. The van der Waals surface area contributed by atoms with E-state index in [1.807, 2.05) is 0 Å². The van der Waals surface area contributed by atoms with Gasteiger partial charge in [0.25, 0.3) is 0 Å². The van der Waals surface area contributed by atoms with Gasteiger partial charge in [-0.1, -0.05) is 38.5 Å². The third-order valence-corrected chi connectivity index (χ3v) is 4.74. The lowest BCUT2D eigenvalue weighted by atomic mass is 9.71. The van der Waals surface area contributed by atoms with Gasteiger partial charge in [-0.2, -0.15) is 0 Å². The highest BCUT2D eigenvalue weighted by Gasteiger charge is 2.31. The molecule has 0 aliphatic heterocycles. The molecule has 0 heterocycles. The Hall–Kier alpha value is 0.250. The largest absolute Gasteiger partial charge is 0.328 e. The molecule has 1 unspecified atom stereocenters. The normalized spacial score (nSPS) is 30.9. The summed E-state index contributed by atoms with van der Waals surface area (Å²) in [4.78, 5) is 0. The molecule has 2 aliphatic rings. The van der Waals surface area contributed by atoms with Gasteiger partial charge < -0.3 is 5.73 Å². The maximum absolute atomic E-state index is 6.09. The molecule has 0 bridgehead atoms. The SMILES string of the molecule is Cl.NC1CCCC2(CCCCCCC2)CC1. The molecule has 2 rings (SSSR count). The van der Waals surface area contributed by atoms with Crippen molar-refractivity contribution in [3.63, 3.8) is 0 Å². The van der Waals surface area contributed by atoms with Crippen LogP contribution in [0.2, 0.25) is 0 Å². The van der Waals surface area contributed by atoms with Crippen LogP contribution in [0.3, 0.4) is 0 Å². The van der Waals surface area contributed by atoms with Crippen molar-refractivity contribution in [2.24, 2.45) is 11.1 Å². The zero-order valence-electron chi connectivity index (χ0n) is 10.5. The minimum absolute atomic E-state index is 0. The van der Waals surface area contributed by atoms with Crippen LogP contribution in [0.4, 0.5) is 0 Å². The van der Waals surface area contributed by atoms with Crippen molar-refractivity contribution in [3.05, 3.63) is 0 Å². The smallest absolute Gasteiger partial charge is 0.00390 e. The van der Waals surface area contributed by atoms with Crippen LogP contribution in [0, 0.1) is 5.41 Å². The third kappa shape index (κ3) is 3.92. The predicted octanol–water partition coefficient (Wildman–Crippen LogP) is 4.43. The Morgan fingerprint density at radius 2 is 1.25 bits per heavy atom. The summed E-state index contributed by atoms with van der Waals surface area (Å²) in [5.41, 5.74) is 6.81. The van der Waals surface area contributed by atoms with Crippen molar-refractivity contribution in [1.82, 2.24) is 0 Å². The summed E-state index contributed by atoms with van der Waals surface area (Å²) in [6, 6.07) is 0.509. The summed E-state index contributed by atoms with van der Waals surface area (Å²) >= 11 is 0. The van der Waals surface area contributed by atoms with E-state index in [0.29, 0.717) is 11.5 Å². The summed E-state index contributed by atoms with van der Waals surface area (Å²) in [6.07, 6.45) is 17.3. The van der Waals surface area contributed by atoms with Gasteiger partial charge in [-0.05, 0) is 43.9 Å². The maximum Gasteiger partial charge on any atom is 0.00390 e. The van der Waals surface area contributed by atoms with E-state index in [4.69, 9.17) is 5.73 Å². The molecule has 96 valence electrons. The lowest BCUT2D eigenvalue weighted by Crippen LogP contribution is -2.23. The van der Waals surface area contributed by atoms with Crippen LogP contribution >= 0.6 is 12.4 Å². The molecule has 0 aromatic heterocycles. The Balaban J connectivity index is 0.00000128. The molecule has 0 aromatic rings. The van der Waals surface area contributed by atoms with Crippen molar-refractivity contribution in [3.8, 4) is 0 Å². The third-order valence-electron chi connectivity index (χ3n) is 4.74.